The number of carbonyl (C=O) groups is 3. The third kappa shape index (κ3) is 4.79. The number of hydrogen-bond acceptors (Lipinski definition) is 6. The monoisotopic (exact) mass is 449 g/mol. The summed E-state index contributed by atoms with van der Waals surface area (Å²) in [5, 5.41) is 17.6. The molecule has 33 heavy (non-hydrogen) atoms. The molecule has 0 saturated heterocycles. The molecule has 10 heteroatoms. The molecule has 1 aliphatic rings. The summed E-state index contributed by atoms with van der Waals surface area (Å²) in [6.07, 6.45) is 3.28. The lowest BCUT2D eigenvalue weighted by Gasteiger charge is -2.14. The number of carbonyl (C=O) groups excluding carboxylic acids is 2. The van der Waals surface area contributed by atoms with Gasteiger partial charge in [0, 0.05) is 36.8 Å². The predicted octanol–water partition coefficient (Wildman–Crippen LogP) is 2.81. The Balaban J connectivity index is 1.43. The Labute approximate surface area is 189 Å². The number of fused-ring (bicyclic) bond motifs is 2. The zero-order valence-electron chi connectivity index (χ0n) is 18.1. The first-order valence-corrected chi connectivity index (χ1v) is 10.3. The molecule has 0 radical (unpaired) electrons. The molecule has 1 atom stereocenters. The average molecular weight is 449 g/mol. The molecule has 3 heterocycles. The number of carboxylic acid groups (broad SMARTS) is 1. The van der Waals surface area contributed by atoms with Crippen molar-refractivity contribution in [2.45, 2.75) is 19.5 Å². The Hall–Kier alpha value is -4.34. The van der Waals surface area contributed by atoms with E-state index in [-0.39, 0.29) is 18.3 Å². The third-order valence-corrected chi connectivity index (χ3v) is 5.38. The van der Waals surface area contributed by atoms with E-state index in [2.05, 4.69) is 20.9 Å². The highest BCUT2D eigenvalue weighted by molar-refractivity contribution is 6.00. The van der Waals surface area contributed by atoms with Crippen LogP contribution in [0, 0.1) is 6.92 Å². The molecule has 1 unspecified atom stereocenters. The van der Waals surface area contributed by atoms with Gasteiger partial charge in [-0.15, -0.1) is 0 Å². The topological polar surface area (TPSA) is 137 Å². The van der Waals surface area contributed by atoms with E-state index < -0.39 is 18.0 Å². The molecule has 3 amide bonds. The number of para-hydroxylation sites is 1. The molecule has 3 aromatic rings. The Bertz CT molecular complexity index is 1270. The lowest BCUT2D eigenvalue weighted by molar-refractivity contribution is -0.125. The van der Waals surface area contributed by atoms with Gasteiger partial charge in [-0.2, -0.15) is 0 Å². The first-order valence-electron chi connectivity index (χ1n) is 10.3. The maximum atomic E-state index is 12.6. The number of nitrogens with zero attached hydrogens (tertiary/aromatic N) is 2. The molecule has 0 saturated carbocycles. The molecule has 170 valence electrons. The number of nitrogens with one attached hydrogen (secondary N) is 3. The highest BCUT2D eigenvalue weighted by atomic mass is 16.4. The molecule has 0 bridgehead atoms. The minimum Gasteiger partial charge on any atom is -0.465 e. The van der Waals surface area contributed by atoms with Crippen LogP contribution in [-0.4, -0.2) is 52.5 Å². The quantitative estimate of drug-likeness (QED) is 0.440. The van der Waals surface area contributed by atoms with Crippen molar-refractivity contribution in [2.24, 2.45) is 0 Å². The van der Waals surface area contributed by atoms with Crippen molar-refractivity contribution in [2.75, 3.05) is 24.2 Å². The average Bonchev–Trinajstić information content (AvgIpc) is 3.01. The van der Waals surface area contributed by atoms with Gasteiger partial charge in [-0.3, -0.25) is 9.59 Å². The SMILES string of the molecule is Cc1c(CN(C)C(=O)/C=C/c2cnc3c(c2)NCC(NC(=O)O)C(=O)N3)oc2ccccc12. The van der Waals surface area contributed by atoms with Gasteiger partial charge in [-0.25, -0.2) is 9.78 Å². The van der Waals surface area contributed by atoms with E-state index in [4.69, 9.17) is 9.52 Å². The van der Waals surface area contributed by atoms with Gasteiger partial charge >= 0.3 is 6.09 Å². The fourth-order valence-corrected chi connectivity index (χ4v) is 3.54. The van der Waals surface area contributed by atoms with Crippen molar-refractivity contribution in [1.29, 1.82) is 0 Å². The van der Waals surface area contributed by atoms with Crippen molar-refractivity contribution in [3.8, 4) is 0 Å². The van der Waals surface area contributed by atoms with Gasteiger partial charge in [0.15, 0.2) is 5.82 Å². The summed E-state index contributed by atoms with van der Waals surface area (Å²) in [5.41, 5.74) is 2.96. The number of hydrogen-bond donors (Lipinski definition) is 4. The number of amides is 3. The molecule has 1 aliphatic heterocycles. The zero-order valence-corrected chi connectivity index (χ0v) is 18.1. The van der Waals surface area contributed by atoms with E-state index in [0.29, 0.717) is 17.8 Å². The van der Waals surface area contributed by atoms with Crippen molar-refractivity contribution in [3.05, 3.63) is 59.5 Å². The molecule has 0 spiro atoms. The second kappa shape index (κ2) is 9.03. The van der Waals surface area contributed by atoms with Crippen LogP contribution in [0.25, 0.3) is 17.0 Å². The molecule has 2 aromatic heterocycles. The first-order chi connectivity index (χ1) is 15.8. The summed E-state index contributed by atoms with van der Waals surface area (Å²) >= 11 is 0. The Morgan fingerprint density at radius 1 is 1.36 bits per heavy atom. The Morgan fingerprint density at radius 3 is 2.91 bits per heavy atom. The summed E-state index contributed by atoms with van der Waals surface area (Å²) < 4.78 is 5.89. The number of pyridine rings is 1. The number of anilines is 2. The van der Waals surface area contributed by atoms with Crippen LogP contribution in [0.3, 0.4) is 0 Å². The molecule has 4 N–H and O–H groups in total. The highest BCUT2D eigenvalue weighted by Gasteiger charge is 2.25. The van der Waals surface area contributed by atoms with Crippen LogP contribution in [-0.2, 0) is 16.1 Å². The third-order valence-electron chi connectivity index (χ3n) is 5.38. The second-order valence-electron chi connectivity index (χ2n) is 7.71. The van der Waals surface area contributed by atoms with E-state index in [9.17, 15) is 14.4 Å². The predicted molar refractivity (Wildman–Crippen MR) is 123 cm³/mol. The molecule has 4 rings (SSSR count). The van der Waals surface area contributed by atoms with Crippen molar-refractivity contribution < 1.29 is 23.9 Å². The zero-order chi connectivity index (χ0) is 23.5. The number of furan rings is 1. The normalized spacial score (nSPS) is 15.5. The van der Waals surface area contributed by atoms with Gasteiger partial charge in [-0.05, 0) is 30.7 Å². The van der Waals surface area contributed by atoms with Gasteiger partial charge < -0.3 is 30.4 Å². The minimum absolute atomic E-state index is 0.0680. The maximum Gasteiger partial charge on any atom is 0.405 e. The van der Waals surface area contributed by atoms with Crippen LogP contribution in [0.2, 0.25) is 0 Å². The summed E-state index contributed by atoms with van der Waals surface area (Å²) in [7, 11) is 1.70. The molecule has 0 fully saturated rings. The molecule has 1 aromatic carbocycles. The van der Waals surface area contributed by atoms with Crippen LogP contribution in [0.15, 0.2) is 47.0 Å². The Morgan fingerprint density at radius 2 is 2.15 bits per heavy atom. The number of likely N-dealkylation sites (N-methyl/N-ethyl adjacent to an activating group) is 1. The lowest BCUT2D eigenvalue weighted by Crippen LogP contribution is -2.46. The standard InChI is InChI=1S/C23H23N5O5/c1-13-15-5-3-4-6-18(15)33-19(13)12-28(2)20(29)8-7-14-9-16-21(25-10-14)27-22(30)17(11-24-16)26-23(31)32/h3-10,17,24,26H,11-12H2,1-2H3,(H,31,32)(H,25,27,30)/b8-7+. The van der Waals surface area contributed by atoms with E-state index in [1.54, 1.807) is 24.1 Å². The number of benzene rings is 1. The number of aryl methyl sites for hydroxylation is 1. The smallest absolute Gasteiger partial charge is 0.405 e. The first kappa shape index (κ1) is 21.9. The van der Waals surface area contributed by atoms with Crippen LogP contribution < -0.4 is 16.0 Å². The molecule has 10 nitrogen and oxygen atoms in total. The largest absolute Gasteiger partial charge is 0.465 e. The van der Waals surface area contributed by atoms with E-state index in [1.165, 1.54) is 12.3 Å². The summed E-state index contributed by atoms with van der Waals surface area (Å²) in [5.74, 6) is 0.307. The highest BCUT2D eigenvalue weighted by Crippen LogP contribution is 2.26. The van der Waals surface area contributed by atoms with E-state index in [1.807, 2.05) is 31.2 Å². The minimum atomic E-state index is -1.29. The van der Waals surface area contributed by atoms with Crippen LogP contribution in [0.5, 0.6) is 0 Å². The van der Waals surface area contributed by atoms with Crippen LogP contribution in [0.1, 0.15) is 16.9 Å². The van der Waals surface area contributed by atoms with Gasteiger partial charge in [0.05, 0.1) is 12.2 Å². The maximum absolute atomic E-state index is 12.6. The molecular weight excluding hydrogens is 426 g/mol. The van der Waals surface area contributed by atoms with Gasteiger partial charge in [0.25, 0.3) is 0 Å². The number of aromatic nitrogens is 1. The second-order valence-corrected chi connectivity index (χ2v) is 7.71. The Kier molecular flexibility index (Phi) is 5.99. The van der Waals surface area contributed by atoms with Crippen molar-refractivity contribution in [3.63, 3.8) is 0 Å². The number of rotatable bonds is 5. The fourth-order valence-electron chi connectivity index (χ4n) is 3.54. The lowest BCUT2D eigenvalue weighted by atomic mass is 10.1. The van der Waals surface area contributed by atoms with Gasteiger partial charge in [0.1, 0.15) is 17.4 Å². The van der Waals surface area contributed by atoms with Gasteiger partial charge in [-0.1, -0.05) is 18.2 Å². The summed E-state index contributed by atoms with van der Waals surface area (Å²) in [6.45, 7) is 2.37. The van der Waals surface area contributed by atoms with Crippen LogP contribution in [0.4, 0.5) is 16.3 Å². The molecular formula is C23H23N5O5. The summed E-state index contributed by atoms with van der Waals surface area (Å²) in [4.78, 5) is 41.4. The summed E-state index contributed by atoms with van der Waals surface area (Å²) in [6, 6.07) is 8.51. The van der Waals surface area contributed by atoms with E-state index in [0.717, 1.165) is 22.3 Å². The van der Waals surface area contributed by atoms with Gasteiger partial charge in [0.2, 0.25) is 11.8 Å². The molecule has 0 aliphatic carbocycles. The van der Waals surface area contributed by atoms with E-state index >= 15 is 0 Å². The van der Waals surface area contributed by atoms with Crippen molar-refractivity contribution in [1.82, 2.24) is 15.2 Å². The fraction of sp³-hybridized carbons (Fsp3) is 0.217. The van der Waals surface area contributed by atoms with Crippen molar-refractivity contribution >= 4 is 46.5 Å². The van der Waals surface area contributed by atoms with Crippen LogP contribution >= 0.6 is 0 Å².